The Morgan fingerprint density at radius 1 is 1.29 bits per heavy atom. The SMILES string of the molecule is CCCNC(c1ccc(I)cc1)c1c(OC)cnn1CC. The van der Waals surface area contributed by atoms with E-state index in [-0.39, 0.29) is 6.04 Å². The number of hydrogen-bond acceptors (Lipinski definition) is 3. The molecule has 1 atom stereocenters. The molecule has 1 N–H and O–H groups in total. The van der Waals surface area contributed by atoms with Crippen molar-refractivity contribution in [3.63, 3.8) is 0 Å². The summed E-state index contributed by atoms with van der Waals surface area (Å²) < 4.78 is 8.75. The van der Waals surface area contributed by atoms with E-state index >= 15 is 0 Å². The molecule has 0 spiro atoms. The van der Waals surface area contributed by atoms with Gasteiger partial charge < -0.3 is 10.1 Å². The quantitative estimate of drug-likeness (QED) is 0.724. The molecule has 1 unspecified atom stereocenters. The van der Waals surface area contributed by atoms with Crippen LogP contribution < -0.4 is 10.1 Å². The maximum Gasteiger partial charge on any atom is 0.161 e. The topological polar surface area (TPSA) is 39.1 Å². The van der Waals surface area contributed by atoms with Gasteiger partial charge in [-0.25, -0.2) is 0 Å². The third kappa shape index (κ3) is 3.77. The van der Waals surface area contributed by atoms with Crippen molar-refractivity contribution < 1.29 is 4.74 Å². The van der Waals surface area contributed by atoms with Crippen molar-refractivity contribution in [2.45, 2.75) is 32.9 Å². The van der Waals surface area contributed by atoms with Crippen LogP contribution >= 0.6 is 22.6 Å². The van der Waals surface area contributed by atoms with Gasteiger partial charge >= 0.3 is 0 Å². The van der Waals surface area contributed by atoms with Crippen LogP contribution in [0, 0.1) is 3.57 Å². The molecule has 5 heteroatoms. The number of halogens is 1. The van der Waals surface area contributed by atoms with Crippen LogP contribution in [0.15, 0.2) is 30.5 Å². The van der Waals surface area contributed by atoms with Gasteiger partial charge in [0.1, 0.15) is 5.69 Å². The monoisotopic (exact) mass is 399 g/mol. The van der Waals surface area contributed by atoms with E-state index < -0.39 is 0 Å². The van der Waals surface area contributed by atoms with Gasteiger partial charge in [0.05, 0.1) is 19.3 Å². The molecule has 0 aliphatic heterocycles. The zero-order valence-corrected chi connectivity index (χ0v) is 14.9. The Kier molecular flexibility index (Phi) is 6.05. The minimum atomic E-state index is 0.0966. The standard InChI is InChI=1S/C16H22IN3O/c1-4-10-18-15(12-6-8-13(17)9-7-12)16-14(21-3)11-19-20(16)5-2/h6-9,11,15,18H,4-5,10H2,1-3H3. The minimum Gasteiger partial charge on any atom is -0.493 e. The number of aromatic nitrogens is 2. The molecule has 0 bridgehead atoms. The van der Waals surface area contributed by atoms with Gasteiger partial charge in [-0.2, -0.15) is 5.10 Å². The molecule has 0 saturated carbocycles. The van der Waals surface area contributed by atoms with Gasteiger partial charge in [0.25, 0.3) is 0 Å². The third-order valence-corrected chi connectivity index (χ3v) is 4.16. The Labute approximate surface area is 140 Å². The zero-order valence-electron chi connectivity index (χ0n) is 12.8. The number of benzene rings is 1. The second-order valence-electron chi connectivity index (χ2n) is 4.85. The summed E-state index contributed by atoms with van der Waals surface area (Å²) in [4.78, 5) is 0. The lowest BCUT2D eigenvalue weighted by Crippen LogP contribution is -2.26. The van der Waals surface area contributed by atoms with Gasteiger partial charge in [0.15, 0.2) is 5.75 Å². The zero-order chi connectivity index (χ0) is 15.2. The summed E-state index contributed by atoms with van der Waals surface area (Å²) in [5.74, 6) is 0.837. The fourth-order valence-corrected chi connectivity index (χ4v) is 2.75. The number of ether oxygens (including phenoxy) is 1. The number of rotatable bonds is 7. The maximum absolute atomic E-state index is 5.51. The molecule has 114 valence electrons. The Hall–Kier alpha value is -1.08. The highest BCUT2D eigenvalue weighted by Crippen LogP contribution is 2.30. The smallest absolute Gasteiger partial charge is 0.161 e. The lowest BCUT2D eigenvalue weighted by molar-refractivity contribution is 0.398. The third-order valence-electron chi connectivity index (χ3n) is 3.44. The van der Waals surface area contributed by atoms with E-state index in [1.54, 1.807) is 13.3 Å². The molecule has 0 amide bonds. The van der Waals surface area contributed by atoms with Crippen LogP contribution in [0.4, 0.5) is 0 Å². The first kappa shape index (κ1) is 16.3. The molecule has 1 aromatic carbocycles. The molecular weight excluding hydrogens is 377 g/mol. The highest BCUT2D eigenvalue weighted by Gasteiger charge is 2.22. The van der Waals surface area contributed by atoms with Crippen molar-refractivity contribution in [3.05, 3.63) is 45.3 Å². The molecule has 21 heavy (non-hydrogen) atoms. The summed E-state index contributed by atoms with van der Waals surface area (Å²) >= 11 is 2.33. The van der Waals surface area contributed by atoms with Crippen LogP contribution in [0.1, 0.15) is 37.6 Å². The molecular formula is C16H22IN3O. The average molecular weight is 399 g/mol. The Bertz CT molecular complexity index is 544. The highest BCUT2D eigenvalue weighted by atomic mass is 127. The van der Waals surface area contributed by atoms with Crippen LogP contribution in [0.25, 0.3) is 0 Å². The summed E-state index contributed by atoms with van der Waals surface area (Å²) in [7, 11) is 1.70. The maximum atomic E-state index is 5.51. The average Bonchev–Trinajstić information content (AvgIpc) is 2.92. The lowest BCUT2D eigenvalue weighted by Gasteiger charge is -2.21. The number of nitrogens with zero attached hydrogens (tertiary/aromatic N) is 2. The summed E-state index contributed by atoms with van der Waals surface area (Å²) in [5.41, 5.74) is 2.33. The summed E-state index contributed by atoms with van der Waals surface area (Å²) in [6.45, 7) is 6.05. The van der Waals surface area contributed by atoms with Crippen molar-refractivity contribution >= 4 is 22.6 Å². The number of nitrogens with one attached hydrogen (secondary N) is 1. The van der Waals surface area contributed by atoms with Crippen LogP contribution in [0.3, 0.4) is 0 Å². The molecule has 0 radical (unpaired) electrons. The Morgan fingerprint density at radius 3 is 2.57 bits per heavy atom. The van der Waals surface area contributed by atoms with Crippen molar-refractivity contribution in [1.82, 2.24) is 15.1 Å². The number of aryl methyl sites for hydroxylation is 1. The van der Waals surface area contributed by atoms with Crippen LogP contribution in [0.2, 0.25) is 0 Å². The second-order valence-corrected chi connectivity index (χ2v) is 6.10. The van der Waals surface area contributed by atoms with E-state index in [0.29, 0.717) is 0 Å². The first-order valence-corrected chi connectivity index (χ1v) is 8.37. The highest BCUT2D eigenvalue weighted by molar-refractivity contribution is 14.1. The van der Waals surface area contributed by atoms with Crippen molar-refractivity contribution in [3.8, 4) is 5.75 Å². The van der Waals surface area contributed by atoms with Crippen LogP contribution in [-0.2, 0) is 6.54 Å². The summed E-state index contributed by atoms with van der Waals surface area (Å²) in [6.07, 6.45) is 2.88. The Balaban J connectivity index is 2.44. The summed E-state index contributed by atoms with van der Waals surface area (Å²) in [6, 6.07) is 8.70. The number of hydrogen-bond donors (Lipinski definition) is 1. The first-order chi connectivity index (χ1) is 10.2. The molecule has 0 saturated heterocycles. The molecule has 0 aliphatic rings. The van der Waals surface area contributed by atoms with E-state index in [4.69, 9.17) is 4.74 Å². The molecule has 0 aliphatic carbocycles. The molecule has 2 aromatic rings. The fourth-order valence-electron chi connectivity index (χ4n) is 2.39. The largest absolute Gasteiger partial charge is 0.493 e. The summed E-state index contributed by atoms with van der Waals surface area (Å²) in [5, 5.41) is 8.04. The van der Waals surface area contributed by atoms with Gasteiger partial charge in [0.2, 0.25) is 0 Å². The van der Waals surface area contributed by atoms with E-state index in [1.807, 2.05) is 4.68 Å². The van der Waals surface area contributed by atoms with Crippen molar-refractivity contribution in [2.24, 2.45) is 0 Å². The minimum absolute atomic E-state index is 0.0966. The number of methoxy groups -OCH3 is 1. The first-order valence-electron chi connectivity index (χ1n) is 7.29. The van der Waals surface area contributed by atoms with Gasteiger partial charge in [-0.15, -0.1) is 0 Å². The molecule has 1 aromatic heterocycles. The van der Waals surface area contributed by atoms with E-state index in [2.05, 4.69) is 71.1 Å². The predicted octanol–water partition coefficient (Wildman–Crippen LogP) is 3.61. The van der Waals surface area contributed by atoms with E-state index in [9.17, 15) is 0 Å². The molecule has 0 fully saturated rings. The van der Waals surface area contributed by atoms with Gasteiger partial charge in [0, 0.05) is 10.1 Å². The van der Waals surface area contributed by atoms with Crippen molar-refractivity contribution in [1.29, 1.82) is 0 Å². The van der Waals surface area contributed by atoms with E-state index in [1.165, 1.54) is 9.13 Å². The Morgan fingerprint density at radius 2 is 2.00 bits per heavy atom. The predicted molar refractivity (Wildman–Crippen MR) is 93.7 cm³/mol. The molecule has 2 rings (SSSR count). The molecule has 1 heterocycles. The van der Waals surface area contributed by atoms with Crippen LogP contribution in [-0.4, -0.2) is 23.4 Å². The fraction of sp³-hybridized carbons (Fsp3) is 0.438. The lowest BCUT2D eigenvalue weighted by atomic mass is 10.0. The van der Waals surface area contributed by atoms with Gasteiger partial charge in [-0.1, -0.05) is 19.1 Å². The van der Waals surface area contributed by atoms with Crippen LogP contribution in [0.5, 0.6) is 5.75 Å². The van der Waals surface area contributed by atoms with Gasteiger partial charge in [-0.3, -0.25) is 4.68 Å². The normalized spacial score (nSPS) is 12.4. The van der Waals surface area contributed by atoms with Crippen molar-refractivity contribution in [2.75, 3.05) is 13.7 Å². The van der Waals surface area contributed by atoms with Gasteiger partial charge in [-0.05, 0) is 60.2 Å². The van der Waals surface area contributed by atoms with E-state index in [0.717, 1.165) is 31.0 Å². The second kappa shape index (κ2) is 7.79. The molecule has 4 nitrogen and oxygen atoms in total.